The first-order valence-electron chi connectivity index (χ1n) is 10.1. The molecule has 2 rings (SSSR count). The van der Waals surface area contributed by atoms with Crippen molar-refractivity contribution in [1.82, 2.24) is 0 Å². The van der Waals surface area contributed by atoms with E-state index in [-0.39, 0.29) is 35.9 Å². The van der Waals surface area contributed by atoms with Crippen LogP contribution in [0.3, 0.4) is 0 Å². The van der Waals surface area contributed by atoms with Gasteiger partial charge in [0.15, 0.2) is 11.5 Å². The van der Waals surface area contributed by atoms with Crippen molar-refractivity contribution in [3.8, 4) is 5.75 Å². The van der Waals surface area contributed by atoms with E-state index >= 15 is 0 Å². The van der Waals surface area contributed by atoms with E-state index in [1.54, 1.807) is 0 Å². The van der Waals surface area contributed by atoms with E-state index in [2.05, 4.69) is 6.92 Å². The highest BCUT2D eigenvalue weighted by molar-refractivity contribution is 7.86. The lowest BCUT2D eigenvalue weighted by atomic mass is 9.87. The molecule has 1 heterocycles. The monoisotopic (exact) mass is 410 g/mol. The second kappa shape index (κ2) is 9.65. The Morgan fingerprint density at radius 3 is 2.32 bits per heavy atom. The average molecular weight is 411 g/mol. The molecule has 0 fully saturated rings. The first-order valence-corrected chi connectivity index (χ1v) is 11.5. The summed E-state index contributed by atoms with van der Waals surface area (Å²) >= 11 is 0. The molecule has 1 aromatic rings. The summed E-state index contributed by atoms with van der Waals surface area (Å²) in [6, 6.07) is 1.36. The van der Waals surface area contributed by atoms with Crippen LogP contribution >= 0.6 is 0 Å². The predicted molar refractivity (Wildman–Crippen MR) is 107 cm³/mol. The third kappa shape index (κ3) is 5.41. The molecule has 156 valence electrons. The molecule has 7 heteroatoms. The van der Waals surface area contributed by atoms with Gasteiger partial charge >= 0.3 is 5.97 Å². The van der Waals surface area contributed by atoms with Gasteiger partial charge in [-0.15, -0.1) is 0 Å². The first kappa shape index (κ1) is 22.6. The van der Waals surface area contributed by atoms with Gasteiger partial charge in [0.2, 0.25) is 0 Å². The molecular weight excluding hydrogens is 380 g/mol. The Morgan fingerprint density at radius 2 is 1.71 bits per heavy atom. The number of carbonyl (C=O) groups excluding carboxylic acids is 2. The summed E-state index contributed by atoms with van der Waals surface area (Å²) in [5, 5.41) is 0. The molecule has 0 bridgehead atoms. The Kier molecular flexibility index (Phi) is 7.78. The summed E-state index contributed by atoms with van der Waals surface area (Å²) in [5.74, 6) is -1.33. The maximum absolute atomic E-state index is 12.8. The van der Waals surface area contributed by atoms with Crippen LogP contribution in [-0.2, 0) is 21.3 Å². The summed E-state index contributed by atoms with van der Waals surface area (Å²) in [6.07, 6.45) is 7.00. The van der Waals surface area contributed by atoms with Crippen LogP contribution in [0.2, 0.25) is 0 Å². The summed E-state index contributed by atoms with van der Waals surface area (Å²) < 4.78 is 38.8. The minimum Gasteiger partial charge on any atom is -0.424 e. The molecular formula is C21H30O6S. The summed E-state index contributed by atoms with van der Waals surface area (Å²) in [4.78, 5) is 24.2. The van der Waals surface area contributed by atoms with Gasteiger partial charge in [-0.2, -0.15) is 8.42 Å². The third-order valence-corrected chi connectivity index (χ3v) is 5.98. The second-order valence-electron chi connectivity index (χ2n) is 7.69. The molecule has 1 N–H and O–H groups in total. The van der Waals surface area contributed by atoms with Crippen molar-refractivity contribution < 1.29 is 27.3 Å². The summed E-state index contributed by atoms with van der Waals surface area (Å²) in [7, 11) is -4.65. The van der Waals surface area contributed by atoms with Crippen LogP contribution in [0, 0.1) is 0 Å². The van der Waals surface area contributed by atoms with Crippen molar-refractivity contribution in [2.75, 3.05) is 0 Å². The predicted octanol–water partition coefficient (Wildman–Crippen LogP) is 4.84. The van der Waals surface area contributed by atoms with Gasteiger partial charge < -0.3 is 4.74 Å². The minimum atomic E-state index is -4.65. The third-order valence-electron chi connectivity index (χ3n) is 5.12. The summed E-state index contributed by atoms with van der Waals surface area (Å²) in [5.41, 5.74) is 1.59. The number of hydrogen-bond acceptors (Lipinski definition) is 5. The average Bonchev–Trinajstić information content (AvgIpc) is 2.75. The molecule has 0 aliphatic carbocycles. The fraction of sp³-hybridized carbons (Fsp3) is 0.619. The highest BCUT2D eigenvalue weighted by atomic mass is 32.2. The Morgan fingerprint density at radius 1 is 1.07 bits per heavy atom. The minimum absolute atomic E-state index is 0.0260. The molecule has 0 radical (unpaired) electrons. The number of rotatable bonds is 9. The van der Waals surface area contributed by atoms with Gasteiger partial charge in [0.25, 0.3) is 10.1 Å². The molecule has 0 amide bonds. The van der Waals surface area contributed by atoms with Gasteiger partial charge in [-0.1, -0.05) is 52.9 Å². The molecule has 0 saturated carbocycles. The zero-order chi connectivity index (χ0) is 20.9. The molecule has 6 nitrogen and oxygen atoms in total. The van der Waals surface area contributed by atoms with E-state index in [1.165, 1.54) is 25.3 Å². The number of unbranched alkanes of at least 4 members (excludes halogenated alkanes) is 5. The van der Waals surface area contributed by atoms with Gasteiger partial charge in [-0.05, 0) is 36.0 Å². The van der Waals surface area contributed by atoms with Crippen molar-refractivity contribution in [2.24, 2.45) is 0 Å². The van der Waals surface area contributed by atoms with Crippen LogP contribution in [0.4, 0.5) is 0 Å². The zero-order valence-corrected chi connectivity index (χ0v) is 17.7. The normalized spacial score (nSPS) is 14.8. The van der Waals surface area contributed by atoms with E-state index < -0.39 is 21.0 Å². The van der Waals surface area contributed by atoms with Gasteiger partial charge in [0.1, 0.15) is 4.90 Å². The van der Waals surface area contributed by atoms with Gasteiger partial charge in [-0.3, -0.25) is 14.1 Å². The molecule has 0 atom stereocenters. The number of hydrogen-bond donors (Lipinski definition) is 1. The van der Waals surface area contributed by atoms with Crippen molar-refractivity contribution >= 4 is 21.9 Å². The van der Waals surface area contributed by atoms with E-state index in [0.29, 0.717) is 12.0 Å². The standard InChI is InChI=1S/C21H30O6S/c1-4-5-6-7-8-9-10-15-16(14(2)3)13-18(28(24,25)26)21-20(15)17(22)11-12-19(23)27-21/h13-14H,4-12H2,1-3H3,(H,24,25,26). The number of benzene rings is 1. The molecule has 1 aromatic carbocycles. The van der Waals surface area contributed by atoms with E-state index in [4.69, 9.17) is 4.74 Å². The fourth-order valence-corrected chi connectivity index (χ4v) is 4.31. The highest BCUT2D eigenvalue weighted by Gasteiger charge is 2.33. The molecule has 0 unspecified atom stereocenters. The maximum atomic E-state index is 12.8. The number of fused-ring (bicyclic) bond motifs is 1. The topological polar surface area (TPSA) is 97.7 Å². The van der Waals surface area contributed by atoms with Crippen molar-refractivity contribution in [3.05, 3.63) is 22.8 Å². The van der Waals surface area contributed by atoms with Gasteiger partial charge in [-0.25, -0.2) is 0 Å². The van der Waals surface area contributed by atoms with Crippen LogP contribution in [-0.4, -0.2) is 24.7 Å². The summed E-state index contributed by atoms with van der Waals surface area (Å²) in [6.45, 7) is 5.98. The van der Waals surface area contributed by atoms with E-state index in [1.807, 2.05) is 13.8 Å². The first-order chi connectivity index (χ1) is 13.2. The van der Waals surface area contributed by atoms with Crippen LogP contribution in [0.1, 0.15) is 99.5 Å². The Balaban J connectivity index is 2.52. The SMILES string of the molecule is CCCCCCCCc1c(C(C)C)cc(S(=O)(=O)O)c2c1C(=O)CCC(=O)O2. The highest BCUT2D eigenvalue weighted by Crippen LogP contribution is 2.39. The largest absolute Gasteiger partial charge is 0.424 e. The molecule has 1 aliphatic rings. The lowest BCUT2D eigenvalue weighted by Gasteiger charge is -2.20. The number of esters is 1. The van der Waals surface area contributed by atoms with Crippen LogP contribution in [0.25, 0.3) is 0 Å². The lowest BCUT2D eigenvalue weighted by molar-refractivity contribution is -0.134. The molecule has 0 saturated heterocycles. The number of carbonyl (C=O) groups is 2. The van der Waals surface area contributed by atoms with Gasteiger partial charge in [0, 0.05) is 6.42 Å². The lowest BCUT2D eigenvalue weighted by Crippen LogP contribution is -2.14. The second-order valence-corrected chi connectivity index (χ2v) is 9.08. The fourth-order valence-electron chi connectivity index (χ4n) is 3.66. The Labute approximate surface area is 167 Å². The van der Waals surface area contributed by atoms with Crippen molar-refractivity contribution in [2.45, 2.75) is 89.4 Å². The van der Waals surface area contributed by atoms with Crippen molar-refractivity contribution in [3.63, 3.8) is 0 Å². The number of ether oxygens (including phenoxy) is 1. The molecule has 0 aromatic heterocycles. The Bertz CT molecular complexity index is 839. The smallest absolute Gasteiger partial charge is 0.311 e. The zero-order valence-electron chi connectivity index (χ0n) is 16.9. The molecule has 1 aliphatic heterocycles. The quantitative estimate of drug-likeness (QED) is 0.271. The maximum Gasteiger partial charge on any atom is 0.311 e. The van der Waals surface area contributed by atoms with Gasteiger partial charge in [0.05, 0.1) is 12.0 Å². The molecule has 28 heavy (non-hydrogen) atoms. The molecule has 0 spiro atoms. The van der Waals surface area contributed by atoms with Crippen LogP contribution in [0.15, 0.2) is 11.0 Å². The number of ketones is 1. The van der Waals surface area contributed by atoms with E-state index in [0.717, 1.165) is 24.8 Å². The number of Topliss-reactive ketones (excluding diaryl/α,β-unsaturated/α-hetero) is 1. The van der Waals surface area contributed by atoms with Crippen LogP contribution in [0.5, 0.6) is 5.75 Å². The van der Waals surface area contributed by atoms with Crippen LogP contribution < -0.4 is 4.74 Å². The van der Waals surface area contributed by atoms with E-state index in [9.17, 15) is 22.6 Å². The van der Waals surface area contributed by atoms with Crippen molar-refractivity contribution in [1.29, 1.82) is 0 Å². The Hall–Kier alpha value is -1.73.